The molecule has 2 saturated heterocycles. The summed E-state index contributed by atoms with van der Waals surface area (Å²) in [6.45, 7) is 4.69. The Morgan fingerprint density at radius 3 is 2.76 bits per heavy atom. The van der Waals surface area contributed by atoms with Crippen LogP contribution in [0.3, 0.4) is 0 Å². The van der Waals surface area contributed by atoms with Crippen molar-refractivity contribution in [2.24, 2.45) is 0 Å². The Morgan fingerprint density at radius 2 is 2.06 bits per heavy atom. The van der Waals surface area contributed by atoms with Crippen LogP contribution in [0, 0.1) is 6.92 Å². The monoisotopic (exact) mass is 465 g/mol. The van der Waals surface area contributed by atoms with Crippen LogP contribution in [0.25, 0.3) is 10.9 Å². The average Bonchev–Trinajstić information content (AvgIpc) is 3.35. The van der Waals surface area contributed by atoms with Crippen LogP contribution in [0.4, 0.5) is 4.39 Å². The maximum absolute atomic E-state index is 13.2. The van der Waals surface area contributed by atoms with Gasteiger partial charge >= 0.3 is 5.97 Å². The van der Waals surface area contributed by atoms with E-state index in [1.165, 1.54) is 5.39 Å². The maximum Gasteiger partial charge on any atom is 0.335 e. The lowest BCUT2D eigenvalue weighted by Gasteiger charge is -2.56. The predicted molar refractivity (Wildman–Crippen MR) is 130 cm³/mol. The molecule has 2 aliphatic rings. The SMILES string of the molecule is COc1cc(C)c2[nH]ccc2c1CN1CCC2CC1(c1ccc(C(=O)O)cc1)CCN2CCF. The highest BCUT2D eigenvalue weighted by Crippen LogP contribution is 2.47. The molecule has 3 heterocycles. The molecule has 2 bridgehead atoms. The number of carboxylic acids is 1. The zero-order chi connectivity index (χ0) is 23.9. The molecule has 2 fully saturated rings. The van der Waals surface area contributed by atoms with Crippen molar-refractivity contribution in [3.63, 3.8) is 0 Å². The molecule has 1 aromatic heterocycles. The normalized spacial score (nSPS) is 23.3. The van der Waals surface area contributed by atoms with E-state index in [2.05, 4.69) is 33.8 Å². The van der Waals surface area contributed by atoms with Crippen LogP contribution in [0.1, 0.15) is 46.3 Å². The van der Waals surface area contributed by atoms with Crippen molar-refractivity contribution in [3.8, 4) is 5.75 Å². The predicted octanol–water partition coefficient (Wildman–Crippen LogP) is 4.72. The van der Waals surface area contributed by atoms with Crippen LogP contribution in [-0.2, 0) is 12.1 Å². The molecule has 3 aromatic rings. The van der Waals surface area contributed by atoms with Crippen LogP contribution in [-0.4, -0.2) is 65.3 Å². The number of nitrogens with zero attached hydrogens (tertiary/aromatic N) is 2. The number of hydrogen-bond acceptors (Lipinski definition) is 4. The number of rotatable bonds is 7. The molecule has 2 aliphatic heterocycles. The zero-order valence-corrected chi connectivity index (χ0v) is 19.8. The number of halogens is 1. The van der Waals surface area contributed by atoms with Gasteiger partial charge in [0.15, 0.2) is 0 Å². The van der Waals surface area contributed by atoms with E-state index in [0.717, 1.165) is 66.9 Å². The Kier molecular flexibility index (Phi) is 6.08. The number of methoxy groups -OCH3 is 1. The first-order valence-corrected chi connectivity index (χ1v) is 12.0. The van der Waals surface area contributed by atoms with E-state index in [1.807, 2.05) is 18.3 Å². The summed E-state index contributed by atoms with van der Waals surface area (Å²) < 4.78 is 19.0. The number of likely N-dealkylation sites (tertiary alicyclic amines) is 2. The number of aromatic nitrogens is 1. The molecule has 180 valence electrons. The van der Waals surface area contributed by atoms with E-state index < -0.39 is 5.97 Å². The third kappa shape index (κ3) is 3.77. The molecule has 2 unspecified atom stereocenters. The van der Waals surface area contributed by atoms with E-state index in [4.69, 9.17) is 4.74 Å². The molecule has 0 amide bonds. The third-order valence-corrected chi connectivity index (χ3v) is 7.96. The molecule has 5 rings (SSSR count). The van der Waals surface area contributed by atoms with E-state index >= 15 is 0 Å². The first-order valence-electron chi connectivity index (χ1n) is 12.0. The number of ether oxygens (including phenoxy) is 1. The van der Waals surface area contributed by atoms with Gasteiger partial charge in [-0.2, -0.15) is 0 Å². The number of alkyl halides is 1. The summed E-state index contributed by atoms with van der Waals surface area (Å²) in [7, 11) is 1.72. The fourth-order valence-electron chi connectivity index (χ4n) is 6.20. The minimum atomic E-state index is -0.917. The highest BCUT2D eigenvalue weighted by molar-refractivity contribution is 5.88. The van der Waals surface area contributed by atoms with Crippen LogP contribution >= 0.6 is 0 Å². The van der Waals surface area contributed by atoms with Crippen LogP contribution < -0.4 is 4.74 Å². The number of hydrogen-bond donors (Lipinski definition) is 2. The maximum atomic E-state index is 13.2. The van der Waals surface area contributed by atoms with E-state index in [9.17, 15) is 14.3 Å². The molecule has 0 spiro atoms. The highest BCUT2D eigenvalue weighted by Gasteiger charge is 2.48. The van der Waals surface area contributed by atoms with Gasteiger partial charge in [0, 0.05) is 60.4 Å². The number of benzene rings is 2. The Morgan fingerprint density at radius 1 is 1.26 bits per heavy atom. The van der Waals surface area contributed by atoms with Gasteiger partial charge < -0.3 is 14.8 Å². The van der Waals surface area contributed by atoms with Crippen molar-refractivity contribution >= 4 is 16.9 Å². The highest BCUT2D eigenvalue weighted by atomic mass is 19.1. The molecule has 6 nitrogen and oxygen atoms in total. The molecular formula is C27H32FN3O3. The smallest absolute Gasteiger partial charge is 0.335 e. The molecular weight excluding hydrogens is 433 g/mol. The van der Waals surface area contributed by atoms with Gasteiger partial charge in [-0.1, -0.05) is 12.1 Å². The topological polar surface area (TPSA) is 68.8 Å². The van der Waals surface area contributed by atoms with Crippen LogP contribution in [0.2, 0.25) is 0 Å². The molecule has 0 aliphatic carbocycles. The quantitative estimate of drug-likeness (QED) is 0.529. The zero-order valence-electron chi connectivity index (χ0n) is 19.8. The minimum absolute atomic E-state index is 0.231. The van der Waals surface area contributed by atoms with Crippen molar-refractivity contribution in [2.45, 2.75) is 44.3 Å². The van der Waals surface area contributed by atoms with Gasteiger partial charge in [-0.05, 0) is 61.6 Å². The lowest BCUT2D eigenvalue weighted by atomic mass is 9.72. The van der Waals surface area contributed by atoms with Crippen LogP contribution in [0.5, 0.6) is 5.75 Å². The summed E-state index contributed by atoms with van der Waals surface area (Å²) in [5, 5.41) is 10.6. The van der Waals surface area contributed by atoms with Crippen LogP contribution in [0.15, 0.2) is 42.6 Å². The second-order valence-electron chi connectivity index (χ2n) is 9.60. The van der Waals surface area contributed by atoms with Gasteiger partial charge in [-0.3, -0.25) is 9.80 Å². The summed E-state index contributed by atoms with van der Waals surface area (Å²) in [5.41, 5.74) is 4.64. The van der Waals surface area contributed by atoms with Gasteiger partial charge in [0.25, 0.3) is 0 Å². The fourth-order valence-corrected chi connectivity index (χ4v) is 6.20. The Bertz CT molecular complexity index is 1190. The largest absolute Gasteiger partial charge is 0.496 e. The first kappa shape index (κ1) is 22.9. The number of aromatic amines is 1. The second-order valence-corrected chi connectivity index (χ2v) is 9.60. The van der Waals surface area contributed by atoms with Gasteiger partial charge in [0.1, 0.15) is 12.4 Å². The molecule has 2 aromatic carbocycles. The van der Waals surface area contributed by atoms with Gasteiger partial charge in [0.05, 0.1) is 12.7 Å². The Labute approximate surface area is 199 Å². The number of aromatic carboxylic acids is 1. The molecule has 2 N–H and O–H groups in total. The Hall–Kier alpha value is -2.90. The number of fused-ring (bicyclic) bond motifs is 3. The van der Waals surface area contributed by atoms with Gasteiger partial charge in [0.2, 0.25) is 0 Å². The number of aryl methyl sites for hydroxylation is 1. The third-order valence-electron chi connectivity index (χ3n) is 7.96. The molecule has 2 atom stereocenters. The van der Waals surface area contributed by atoms with E-state index in [0.29, 0.717) is 18.2 Å². The minimum Gasteiger partial charge on any atom is -0.496 e. The second kappa shape index (κ2) is 9.04. The number of piperidine rings is 2. The molecule has 0 saturated carbocycles. The summed E-state index contributed by atoms with van der Waals surface area (Å²) in [6, 6.07) is 11.9. The first-order chi connectivity index (χ1) is 16.5. The standard InChI is InChI=1S/C27H32FN3O3/c1-18-15-24(34-2)23(22-7-11-29-25(18)22)17-31-12-8-21-16-27(31,9-13-30(21)14-10-28)20-5-3-19(4-6-20)26(32)33/h3-7,11,15,21,29H,8-10,12-14,16-17H2,1-2H3,(H,32,33). The Balaban J connectivity index is 1.56. The lowest BCUT2D eigenvalue weighted by molar-refractivity contribution is -0.0612. The number of H-pyrrole nitrogens is 1. The van der Waals surface area contributed by atoms with Gasteiger partial charge in [-0.25, -0.2) is 9.18 Å². The van der Waals surface area contributed by atoms with Crippen molar-refractivity contribution in [3.05, 3.63) is 64.8 Å². The van der Waals surface area contributed by atoms with Crippen molar-refractivity contribution in [2.75, 3.05) is 33.4 Å². The molecule has 34 heavy (non-hydrogen) atoms. The summed E-state index contributed by atoms with van der Waals surface area (Å²) in [4.78, 5) is 19.7. The fraction of sp³-hybridized carbons (Fsp3) is 0.444. The molecule has 7 heteroatoms. The average molecular weight is 466 g/mol. The summed E-state index contributed by atoms with van der Waals surface area (Å²) in [6.07, 6.45) is 4.74. The molecule has 0 radical (unpaired) electrons. The van der Waals surface area contributed by atoms with Gasteiger partial charge in [-0.15, -0.1) is 0 Å². The van der Waals surface area contributed by atoms with Crippen molar-refractivity contribution in [1.29, 1.82) is 0 Å². The number of carbonyl (C=O) groups is 1. The number of nitrogens with one attached hydrogen (secondary N) is 1. The summed E-state index contributed by atoms with van der Waals surface area (Å²) >= 11 is 0. The van der Waals surface area contributed by atoms with Crippen molar-refractivity contribution < 1.29 is 19.0 Å². The van der Waals surface area contributed by atoms with Crippen molar-refractivity contribution in [1.82, 2.24) is 14.8 Å². The van der Waals surface area contributed by atoms with E-state index in [1.54, 1.807) is 19.2 Å². The number of carboxylic acid groups (broad SMARTS) is 1. The summed E-state index contributed by atoms with van der Waals surface area (Å²) in [5.74, 6) is -0.0302. The van der Waals surface area contributed by atoms with E-state index in [-0.39, 0.29) is 12.2 Å². The lowest BCUT2D eigenvalue weighted by Crippen LogP contribution is -2.61.